The summed E-state index contributed by atoms with van der Waals surface area (Å²) in [4.78, 5) is 28.0. The van der Waals surface area contributed by atoms with E-state index in [0.717, 1.165) is 12.3 Å². The molecule has 10 heteroatoms. The average Bonchev–Trinajstić information content (AvgIpc) is 2.69. The predicted molar refractivity (Wildman–Crippen MR) is 111 cm³/mol. The first-order chi connectivity index (χ1) is 14.1. The Morgan fingerprint density at radius 3 is 2.33 bits per heavy atom. The maximum atomic E-state index is 13.1. The number of carbonyl (C=O) groups is 2. The molecule has 0 aliphatic heterocycles. The van der Waals surface area contributed by atoms with Crippen LogP contribution < -0.4 is 10.6 Å². The van der Waals surface area contributed by atoms with Crippen LogP contribution in [0.4, 0.5) is 15.8 Å². The van der Waals surface area contributed by atoms with E-state index in [9.17, 15) is 22.4 Å². The molecule has 1 aromatic heterocycles. The van der Waals surface area contributed by atoms with Gasteiger partial charge in [0, 0.05) is 35.3 Å². The molecule has 3 aromatic rings. The molecule has 0 saturated heterocycles. The molecule has 1 heterocycles. The number of nitrogens with one attached hydrogen (secondary N) is 2. The number of rotatable bonds is 5. The Hall–Kier alpha value is -3.30. The Labute approximate surface area is 176 Å². The highest BCUT2D eigenvalue weighted by molar-refractivity contribution is 7.90. The van der Waals surface area contributed by atoms with Gasteiger partial charge in [-0.2, -0.15) is 4.39 Å². The maximum Gasteiger partial charge on any atom is 0.255 e. The number of pyridine rings is 1. The highest BCUT2D eigenvalue weighted by Crippen LogP contribution is 2.26. The lowest BCUT2D eigenvalue weighted by atomic mass is 10.2. The third kappa shape index (κ3) is 5.19. The fourth-order valence-electron chi connectivity index (χ4n) is 2.50. The summed E-state index contributed by atoms with van der Waals surface area (Å²) in [5.41, 5.74) is 0.825. The Balaban J connectivity index is 1.74. The number of sulfone groups is 1. The van der Waals surface area contributed by atoms with Crippen molar-refractivity contribution in [3.63, 3.8) is 0 Å². The van der Waals surface area contributed by atoms with Crippen LogP contribution in [0.1, 0.15) is 20.7 Å². The molecule has 0 aliphatic carbocycles. The maximum absolute atomic E-state index is 13.1. The van der Waals surface area contributed by atoms with Crippen molar-refractivity contribution in [1.29, 1.82) is 0 Å². The van der Waals surface area contributed by atoms with Crippen LogP contribution in [-0.4, -0.2) is 31.5 Å². The van der Waals surface area contributed by atoms with Crippen molar-refractivity contribution in [3.8, 4) is 0 Å². The molecule has 0 atom stereocenters. The topological polar surface area (TPSA) is 105 Å². The molecule has 0 spiro atoms. The van der Waals surface area contributed by atoms with E-state index in [1.54, 1.807) is 0 Å². The van der Waals surface area contributed by atoms with Gasteiger partial charge in [0.2, 0.25) is 5.95 Å². The van der Waals surface area contributed by atoms with Gasteiger partial charge >= 0.3 is 0 Å². The van der Waals surface area contributed by atoms with Crippen molar-refractivity contribution in [3.05, 3.63) is 82.9 Å². The van der Waals surface area contributed by atoms with E-state index in [0.29, 0.717) is 5.69 Å². The van der Waals surface area contributed by atoms with E-state index in [4.69, 9.17) is 11.6 Å². The summed E-state index contributed by atoms with van der Waals surface area (Å²) in [6, 6.07) is 12.3. The standard InChI is InChI=1S/C20H15ClFN3O4S/c1-30(28,29)15-4-2-3-12(9-15)20(27)25-17-6-5-14(11-16(17)21)24-19(26)13-7-8-23-18(22)10-13/h2-11H,1H3,(H,24,26)(H,25,27). The fraction of sp³-hybridized carbons (Fsp3) is 0.0500. The van der Waals surface area contributed by atoms with Gasteiger partial charge in [-0.05, 0) is 42.5 Å². The number of halogens is 2. The first-order valence-corrected chi connectivity index (χ1v) is 10.7. The smallest absolute Gasteiger partial charge is 0.255 e. The number of amides is 2. The second kappa shape index (κ2) is 8.60. The van der Waals surface area contributed by atoms with Crippen LogP contribution in [0, 0.1) is 5.95 Å². The molecular weight excluding hydrogens is 433 g/mol. The van der Waals surface area contributed by atoms with E-state index in [1.807, 2.05) is 0 Å². The molecule has 0 bridgehead atoms. The second-order valence-corrected chi connectivity index (χ2v) is 8.69. The van der Waals surface area contributed by atoms with Crippen LogP contribution in [0.15, 0.2) is 65.7 Å². The largest absolute Gasteiger partial charge is 0.322 e. The van der Waals surface area contributed by atoms with E-state index in [2.05, 4.69) is 15.6 Å². The summed E-state index contributed by atoms with van der Waals surface area (Å²) in [5.74, 6) is -1.88. The molecule has 0 aliphatic rings. The Morgan fingerprint density at radius 1 is 0.967 bits per heavy atom. The van der Waals surface area contributed by atoms with Gasteiger partial charge in [-0.3, -0.25) is 9.59 Å². The first-order valence-electron chi connectivity index (χ1n) is 8.47. The minimum atomic E-state index is -3.46. The molecular formula is C20H15ClFN3O4S. The molecule has 154 valence electrons. The molecule has 7 nitrogen and oxygen atoms in total. The molecule has 0 saturated carbocycles. The summed E-state index contributed by atoms with van der Waals surface area (Å²) in [5, 5.41) is 5.29. The zero-order valence-corrected chi connectivity index (χ0v) is 17.1. The minimum Gasteiger partial charge on any atom is -0.322 e. The van der Waals surface area contributed by atoms with E-state index in [1.165, 1.54) is 54.7 Å². The minimum absolute atomic E-state index is 0.0202. The number of benzene rings is 2. The monoisotopic (exact) mass is 447 g/mol. The number of carbonyl (C=O) groups excluding carboxylic acids is 2. The Bertz CT molecular complexity index is 1250. The molecule has 0 fully saturated rings. The molecule has 0 radical (unpaired) electrons. The number of nitrogens with zero attached hydrogens (tertiary/aromatic N) is 1. The molecule has 2 aromatic carbocycles. The molecule has 2 N–H and O–H groups in total. The predicted octanol–water partition coefficient (Wildman–Crippen LogP) is 3.78. The summed E-state index contributed by atoms with van der Waals surface area (Å²) in [6.07, 6.45) is 2.23. The molecule has 3 rings (SSSR count). The van der Waals surface area contributed by atoms with Crippen molar-refractivity contribution in [2.45, 2.75) is 4.90 Å². The van der Waals surface area contributed by atoms with Gasteiger partial charge in [0.15, 0.2) is 9.84 Å². The lowest BCUT2D eigenvalue weighted by Crippen LogP contribution is -2.14. The summed E-state index contributed by atoms with van der Waals surface area (Å²) < 4.78 is 36.5. The summed E-state index contributed by atoms with van der Waals surface area (Å²) in [7, 11) is -3.46. The summed E-state index contributed by atoms with van der Waals surface area (Å²) in [6.45, 7) is 0. The van der Waals surface area contributed by atoms with Crippen LogP contribution in [0.2, 0.25) is 5.02 Å². The van der Waals surface area contributed by atoms with Gasteiger partial charge in [-0.15, -0.1) is 0 Å². The van der Waals surface area contributed by atoms with E-state index in [-0.39, 0.29) is 26.7 Å². The molecule has 0 unspecified atom stereocenters. The normalized spacial score (nSPS) is 11.0. The lowest BCUT2D eigenvalue weighted by Gasteiger charge is -2.11. The van der Waals surface area contributed by atoms with E-state index >= 15 is 0 Å². The highest BCUT2D eigenvalue weighted by Gasteiger charge is 2.14. The quantitative estimate of drug-likeness (QED) is 0.579. The third-order valence-corrected chi connectivity index (χ3v) is 5.41. The Kier molecular flexibility index (Phi) is 6.14. The SMILES string of the molecule is CS(=O)(=O)c1cccc(C(=O)Nc2ccc(NC(=O)c3ccnc(F)c3)cc2Cl)c1. The lowest BCUT2D eigenvalue weighted by molar-refractivity contribution is 0.101. The van der Waals surface area contributed by atoms with Crippen LogP contribution in [-0.2, 0) is 9.84 Å². The van der Waals surface area contributed by atoms with Crippen molar-refractivity contribution in [2.75, 3.05) is 16.9 Å². The van der Waals surface area contributed by atoms with Gasteiger partial charge in [0.25, 0.3) is 11.8 Å². The van der Waals surface area contributed by atoms with Gasteiger partial charge in [0.05, 0.1) is 15.6 Å². The van der Waals surface area contributed by atoms with Gasteiger partial charge < -0.3 is 10.6 Å². The summed E-state index contributed by atoms with van der Waals surface area (Å²) >= 11 is 6.19. The third-order valence-electron chi connectivity index (χ3n) is 3.99. The van der Waals surface area contributed by atoms with Crippen LogP contribution >= 0.6 is 11.6 Å². The van der Waals surface area contributed by atoms with Crippen molar-refractivity contribution in [2.24, 2.45) is 0 Å². The van der Waals surface area contributed by atoms with Crippen molar-refractivity contribution < 1.29 is 22.4 Å². The number of hydrogen-bond acceptors (Lipinski definition) is 5. The van der Waals surface area contributed by atoms with Gasteiger partial charge in [0.1, 0.15) is 0 Å². The van der Waals surface area contributed by atoms with Gasteiger partial charge in [-0.25, -0.2) is 13.4 Å². The first kappa shape index (κ1) is 21.4. The fourth-order valence-corrected chi connectivity index (χ4v) is 3.40. The number of anilines is 2. The van der Waals surface area contributed by atoms with Crippen LogP contribution in [0.3, 0.4) is 0 Å². The average molecular weight is 448 g/mol. The zero-order chi connectivity index (χ0) is 21.9. The highest BCUT2D eigenvalue weighted by atomic mass is 35.5. The second-order valence-electron chi connectivity index (χ2n) is 6.27. The van der Waals surface area contributed by atoms with Crippen molar-refractivity contribution >= 4 is 44.6 Å². The van der Waals surface area contributed by atoms with Crippen LogP contribution in [0.25, 0.3) is 0 Å². The number of hydrogen-bond donors (Lipinski definition) is 2. The zero-order valence-electron chi connectivity index (χ0n) is 15.5. The molecule has 2 amide bonds. The van der Waals surface area contributed by atoms with Gasteiger partial charge in [-0.1, -0.05) is 17.7 Å². The van der Waals surface area contributed by atoms with E-state index < -0.39 is 27.6 Å². The Morgan fingerprint density at radius 2 is 1.67 bits per heavy atom. The number of aromatic nitrogens is 1. The van der Waals surface area contributed by atoms with Crippen molar-refractivity contribution in [1.82, 2.24) is 4.98 Å². The molecule has 30 heavy (non-hydrogen) atoms. The van der Waals surface area contributed by atoms with Crippen LogP contribution in [0.5, 0.6) is 0 Å².